The number of hydrogen-bond donors (Lipinski definition) is 2. The molecule has 5 rings (SSSR count). The molecule has 0 saturated carbocycles. The van der Waals surface area contributed by atoms with Crippen LogP contribution in [0.15, 0.2) is 55.1 Å². The number of fused-ring (bicyclic) bond motifs is 3. The molecule has 7 nitrogen and oxygen atoms in total. The molecular formula is C22H20N6O. The number of pyridine rings is 1. The van der Waals surface area contributed by atoms with Crippen LogP contribution in [0.25, 0.3) is 16.7 Å². The Morgan fingerprint density at radius 3 is 2.79 bits per heavy atom. The van der Waals surface area contributed by atoms with Crippen molar-refractivity contribution in [1.82, 2.24) is 19.5 Å². The number of benzene rings is 1. The Hall–Kier alpha value is -3.74. The van der Waals surface area contributed by atoms with Crippen LogP contribution in [0.4, 0.5) is 11.5 Å². The van der Waals surface area contributed by atoms with E-state index in [1.54, 1.807) is 18.5 Å². The fraction of sp³-hybridized carbons (Fsp3) is 0.182. The maximum absolute atomic E-state index is 12.3. The van der Waals surface area contributed by atoms with E-state index in [9.17, 15) is 4.79 Å². The zero-order valence-electron chi connectivity index (χ0n) is 15.8. The van der Waals surface area contributed by atoms with Gasteiger partial charge in [-0.1, -0.05) is 12.1 Å². The normalized spacial score (nSPS) is 12.8. The van der Waals surface area contributed by atoms with Crippen LogP contribution in [0.2, 0.25) is 0 Å². The van der Waals surface area contributed by atoms with Crippen molar-refractivity contribution >= 4 is 28.4 Å². The highest BCUT2D eigenvalue weighted by Gasteiger charge is 2.25. The minimum absolute atomic E-state index is 0.0734. The molecule has 0 fully saturated rings. The zero-order valence-corrected chi connectivity index (χ0v) is 15.8. The molecule has 1 aromatic carbocycles. The number of nitrogens with two attached hydrogens (primary N) is 1. The number of anilines is 2. The number of rotatable bonds is 4. The highest BCUT2D eigenvalue weighted by Crippen LogP contribution is 2.36. The molecule has 0 atom stereocenters. The Kier molecular flexibility index (Phi) is 4.20. The molecule has 1 aliphatic carbocycles. The molecule has 0 aliphatic heterocycles. The summed E-state index contributed by atoms with van der Waals surface area (Å²) in [4.78, 5) is 25.0. The number of amides is 1. The standard InChI is InChI=1S/C22H20N6O/c23-22-21-20(25-13-26-22)17-4-1-5-18(17)28(21)16-8-6-14(7-9-16)11-19(29)27-15-3-2-10-24-12-15/h2-3,6-10,12-13H,1,4-5,11H2,(H,27,29)(H2,23,25,26). The van der Waals surface area contributed by atoms with Crippen molar-refractivity contribution in [2.24, 2.45) is 0 Å². The van der Waals surface area contributed by atoms with Gasteiger partial charge in [0.2, 0.25) is 5.91 Å². The number of aromatic nitrogens is 4. The second-order valence-electron chi connectivity index (χ2n) is 7.20. The summed E-state index contributed by atoms with van der Waals surface area (Å²) in [5.74, 6) is 0.417. The van der Waals surface area contributed by atoms with E-state index in [0.29, 0.717) is 17.9 Å². The molecule has 3 N–H and O–H groups in total. The number of nitrogens with one attached hydrogen (secondary N) is 1. The smallest absolute Gasteiger partial charge is 0.228 e. The van der Waals surface area contributed by atoms with Crippen molar-refractivity contribution in [1.29, 1.82) is 0 Å². The molecular weight excluding hydrogens is 364 g/mol. The third kappa shape index (κ3) is 3.10. The summed E-state index contributed by atoms with van der Waals surface area (Å²) in [6.45, 7) is 0. The molecule has 3 heterocycles. The predicted molar refractivity (Wildman–Crippen MR) is 112 cm³/mol. The van der Waals surface area contributed by atoms with Crippen LogP contribution in [0.3, 0.4) is 0 Å². The van der Waals surface area contributed by atoms with Crippen LogP contribution in [-0.4, -0.2) is 25.4 Å². The van der Waals surface area contributed by atoms with E-state index in [1.807, 2.05) is 30.3 Å². The molecule has 1 aliphatic rings. The summed E-state index contributed by atoms with van der Waals surface area (Å²) in [6, 6.07) is 11.6. The summed E-state index contributed by atoms with van der Waals surface area (Å²) in [7, 11) is 0. The number of carbonyl (C=O) groups excluding carboxylic acids is 1. The number of carbonyl (C=O) groups is 1. The van der Waals surface area contributed by atoms with Gasteiger partial charge < -0.3 is 15.6 Å². The number of hydrogen-bond acceptors (Lipinski definition) is 5. The van der Waals surface area contributed by atoms with Crippen LogP contribution in [0.1, 0.15) is 23.2 Å². The first-order valence-electron chi connectivity index (χ1n) is 9.62. The quantitative estimate of drug-likeness (QED) is 0.563. The fourth-order valence-electron chi connectivity index (χ4n) is 4.07. The summed E-state index contributed by atoms with van der Waals surface area (Å²) in [5, 5.41) is 2.86. The Balaban J connectivity index is 1.43. The van der Waals surface area contributed by atoms with Gasteiger partial charge in [-0.3, -0.25) is 9.78 Å². The number of nitrogens with zero attached hydrogens (tertiary/aromatic N) is 4. The van der Waals surface area contributed by atoms with Gasteiger partial charge in [-0.2, -0.15) is 0 Å². The van der Waals surface area contributed by atoms with Gasteiger partial charge in [0.15, 0.2) is 5.82 Å². The van der Waals surface area contributed by atoms with E-state index in [4.69, 9.17) is 5.73 Å². The molecule has 1 amide bonds. The Bertz CT molecular complexity index is 1200. The van der Waals surface area contributed by atoms with E-state index in [2.05, 4.69) is 24.8 Å². The SMILES string of the molecule is Nc1ncnc2c3c(n(-c4ccc(CC(=O)Nc5cccnc5)cc4)c12)CCC3. The van der Waals surface area contributed by atoms with Crippen LogP contribution >= 0.6 is 0 Å². The highest BCUT2D eigenvalue weighted by molar-refractivity contribution is 5.92. The minimum Gasteiger partial charge on any atom is -0.382 e. The largest absolute Gasteiger partial charge is 0.382 e. The first kappa shape index (κ1) is 17.4. The Morgan fingerprint density at radius 1 is 1.14 bits per heavy atom. The lowest BCUT2D eigenvalue weighted by atomic mass is 10.1. The molecule has 0 radical (unpaired) electrons. The number of nitrogen functional groups attached to an aromatic ring is 1. The van der Waals surface area contributed by atoms with Gasteiger partial charge in [-0.25, -0.2) is 9.97 Å². The lowest BCUT2D eigenvalue weighted by molar-refractivity contribution is -0.115. The second kappa shape index (κ2) is 7.01. The maximum Gasteiger partial charge on any atom is 0.228 e. The Labute approximate surface area is 167 Å². The zero-order chi connectivity index (χ0) is 19.8. The molecule has 4 aromatic rings. The van der Waals surface area contributed by atoms with Gasteiger partial charge in [-0.15, -0.1) is 0 Å². The van der Waals surface area contributed by atoms with Gasteiger partial charge in [0.25, 0.3) is 0 Å². The summed E-state index contributed by atoms with van der Waals surface area (Å²) >= 11 is 0. The first-order valence-corrected chi connectivity index (χ1v) is 9.62. The van der Waals surface area contributed by atoms with Gasteiger partial charge in [-0.05, 0) is 54.7 Å². The van der Waals surface area contributed by atoms with Crippen LogP contribution in [-0.2, 0) is 24.1 Å². The topological polar surface area (TPSA) is 98.7 Å². The van der Waals surface area contributed by atoms with Gasteiger partial charge in [0.05, 0.1) is 23.8 Å². The average Bonchev–Trinajstić information content (AvgIpc) is 3.31. The predicted octanol–water partition coefficient (Wildman–Crippen LogP) is 3.07. The summed E-state index contributed by atoms with van der Waals surface area (Å²) < 4.78 is 2.17. The van der Waals surface area contributed by atoms with Crippen LogP contribution < -0.4 is 11.1 Å². The fourth-order valence-corrected chi connectivity index (χ4v) is 4.07. The van der Waals surface area contributed by atoms with E-state index in [0.717, 1.165) is 41.5 Å². The molecule has 7 heteroatoms. The van der Waals surface area contributed by atoms with E-state index < -0.39 is 0 Å². The Morgan fingerprint density at radius 2 is 2.00 bits per heavy atom. The monoisotopic (exact) mass is 384 g/mol. The lowest BCUT2D eigenvalue weighted by Gasteiger charge is -2.11. The van der Waals surface area contributed by atoms with E-state index >= 15 is 0 Å². The number of aryl methyl sites for hydroxylation is 1. The van der Waals surface area contributed by atoms with E-state index in [1.165, 1.54) is 17.6 Å². The summed E-state index contributed by atoms with van der Waals surface area (Å²) in [5.41, 5.74) is 13.2. The second-order valence-corrected chi connectivity index (χ2v) is 7.20. The first-order chi connectivity index (χ1) is 14.2. The van der Waals surface area contributed by atoms with Crippen molar-refractivity contribution < 1.29 is 4.79 Å². The molecule has 0 bridgehead atoms. The molecule has 144 valence electrons. The van der Waals surface area contributed by atoms with Gasteiger partial charge in [0, 0.05) is 17.6 Å². The molecule has 0 unspecified atom stereocenters. The highest BCUT2D eigenvalue weighted by atomic mass is 16.1. The average molecular weight is 384 g/mol. The van der Waals surface area contributed by atoms with E-state index in [-0.39, 0.29) is 5.91 Å². The molecule has 0 spiro atoms. The van der Waals surface area contributed by atoms with Gasteiger partial charge in [0.1, 0.15) is 11.8 Å². The van der Waals surface area contributed by atoms with Crippen molar-refractivity contribution in [2.75, 3.05) is 11.1 Å². The van der Waals surface area contributed by atoms with Gasteiger partial charge >= 0.3 is 0 Å². The third-order valence-corrected chi connectivity index (χ3v) is 5.32. The van der Waals surface area contributed by atoms with Crippen molar-refractivity contribution in [3.05, 3.63) is 71.9 Å². The van der Waals surface area contributed by atoms with Crippen molar-refractivity contribution in [3.8, 4) is 5.69 Å². The molecule has 29 heavy (non-hydrogen) atoms. The summed E-state index contributed by atoms with van der Waals surface area (Å²) in [6.07, 6.45) is 8.27. The third-order valence-electron chi connectivity index (χ3n) is 5.32. The molecule has 3 aromatic heterocycles. The van der Waals surface area contributed by atoms with Crippen molar-refractivity contribution in [2.45, 2.75) is 25.7 Å². The van der Waals surface area contributed by atoms with Crippen molar-refractivity contribution in [3.63, 3.8) is 0 Å². The molecule has 0 saturated heterocycles. The lowest BCUT2D eigenvalue weighted by Crippen LogP contribution is -2.14. The minimum atomic E-state index is -0.0734. The van der Waals surface area contributed by atoms with Crippen LogP contribution in [0, 0.1) is 0 Å². The maximum atomic E-state index is 12.3. The van der Waals surface area contributed by atoms with Crippen LogP contribution in [0.5, 0.6) is 0 Å².